The van der Waals surface area contributed by atoms with Gasteiger partial charge in [-0.1, -0.05) is 0 Å². The van der Waals surface area contributed by atoms with Crippen LogP contribution >= 0.6 is 0 Å². The summed E-state index contributed by atoms with van der Waals surface area (Å²) < 4.78 is 24.0. The number of ether oxygens (including phenoxy) is 2. The van der Waals surface area contributed by atoms with Gasteiger partial charge in [-0.15, -0.1) is 0 Å². The largest absolute Gasteiger partial charge is 0.490 e. The van der Waals surface area contributed by atoms with Gasteiger partial charge in [0.25, 0.3) is 0 Å². The summed E-state index contributed by atoms with van der Waals surface area (Å²) in [5.74, 6) is -2.03. The third-order valence-electron chi connectivity index (χ3n) is 2.85. The van der Waals surface area contributed by atoms with Crippen LogP contribution in [0.4, 0.5) is 10.1 Å². The topological polar surface area (TPSA) is 81.8 Å². The molecule has 1 aromatic rings. The second-order valence-electron chi connectivity index (χ2n) is 4.74. The maximum Gasteiger partial charge on any atom is 0.337 e. The van der Waals surface area contributed by atoms with E-state index in [0.29, 0.717) is 6.42 Å². The normalized spacial score (nSPS) is 11.4. The molecule has 0 heterocycles. The summed E-state index contributed by atoms with van der Waals surface area (Å²) in [6, 6.07) is 2.03. The van der Waals surface area contributed by atoms with Gasteiger partial charge in [0, 0.05) is 25.3 Å². The minimum Gasteiger partial charge on any atom is -0.490 e. The molecule has 0 fully saturated rings. The molecule has 1 aromatic carbocycles. The predicted octanol–water partition coefficient (Wildman–Crippen LogP) is 2.30. The van der Waals surface area contributed by atoms with E-state index in [1.165, 1.54) is 0 Å². The highest BCUT2D eigenvalue weighted by Crippen LogP contribution is 2.25. The Morgan fingerprint density at radius 1 is 1.47 bits per heavy atom. The van der Waals surface area contributed by atoms with Crippen LogP contribution in [0.3, 0.4) is 0 Å². The SMILES string of the molecule is COC(C)(C)CCOc1cc(C(=O)O)c(N)cc1F. The summed E-state index contributed by atoms with van der Waals surface area (Å²) in [4.78, 5) is 10.9. The number of nitrogens with two attached hydrogens (primary N) is 1. The lowest BCUT2D eigenvalue weighted by Crippen LogP contribution is -2.25. The average molecular weight is 271 g/mol. The first-order chi connectivity index (χ1) is 8.76. The number of hydrogen-bond acceptors (Lipinski definition) is 4. The lowest BCUT2D eigenvalue weighted by atomic mass is 10.1. The van der Waals surface area contributed by atoms with Crippen molar-refractivity contribution in [3.8, 4) is 5.75 Å². The van der Waals surface area contributed by atoms with E-state index in [1.54, 1.807) is 7.11 Å². The standard InChI is InChI=1S/C13H18FNO4/c1-13(2,18-3)4-5-19-11-6-8(12(16)17)10(15)7-9(11)14/h6-7H,4-5,15H2,1-3H3,(H,16,17). The van der Waals surface area contributed by atoms with Crippen molar-refractivity contribution in [1.29, 1.82) is 0 Å². The van der Waals surface area contributed by atoms with Crippen LogP contribution in [0.15, 0.2) is 12.1 Å². The molecule has 0 radical (unpaired) electrons. The number of carbonyl (C=O) groups is 1. The molecule has 0 aromatic heterocycles. The molecule has 0 saturated heterocycles. The van der Waals surface area contributed by atoms with Crippen molar-refractivity contribution in [3.05, 3.63) is 23.5 Å². The predicted molar refractivity (Wildman–Crippen MR) is 69.0 cm³/mol. The van der Waals surface area contributed by atoms with Gasteiger partial charge in [0.1, 0.15) is 0 Å². The molecule has 0 aliphatic heterocycles. The van der Waals surface area contributed by atoms with Crippen LogP contribution in [-0.4, -0.2) is 30.4 Å². The third-order valence-corrected chi connectivity index (χ3v) is 2.85. The van der Waals surface area contributed by atoms with Crippen molar-refractivity contribution in [2.24, 2.45) is 0 Å². The molecule has 0 aliphatic carbocycles. The van der Waals surface area contributed by atoms with Crippen LogP contribution < -0.4 is 10.5 Å². The van der Waals surface area contributed by atoms with Gasteiger partial charge in [-0.3, -0.25) is 0 Å². The highest BCUT2D eigenvalue weighted by Gasteiger charge is 2.18. The van der Waals surface area contributed by atoms with Gasteiger partial charge in [-0.05, 0) is 19.9 Å². The summed E-state index contributed by atoms with van der Waals surface area (Å²) in [5.41, 5.74) is 4.72. The summed E-state index contributed by atoms with van der Waals surface area (Å²) in [6.45, 7) is 3.96. The Hall–Kier alpha value is -1.82. The number of aromatic carboxylic acids is 1. The van der Waals surface area contributed by atoms with E-state index in [4.69, 9.17) is 20.3 Å². The van der Waals surface area contributed by atoms with Crippen LogP contribution in [0.25, 0.3) is 0 Å². The fourth-order valence-electron chi connectivity index (χ4n) is 1.37. The Morgan fingerprint density at radius 2 is 2.11 bits per heavy atom. The van der Waals surface area contributed by atoms with E-state index in [-0.39, 0.29) is 29.2 Å². The zero-order valence-corrected chi connectivity index (χ0v) is 11.2. The van der Waals surface area contributed by atoms with Gasteiger partial charge in [0.05, 0.1) is 17.8 Å². The minimum atomic E-state index is -1.22. The number of anilines is 1. The fourth-order valence-corrected chi connectivity index (χ4v) is 1.37. The summed E-state index contributed by atoms with van der Waals surface area (Å²) >= 11 is 0. The van der Waals surface area contributed by atoms with Crippen molar-refractivity contribution < 1.29 is 23.8 Å². The van der Waals surface area contributed by atoms with Crippen LogP contribution in [-0.2, 0) is 4.74 Å². The Bertz CT molecular complexity index is 474. The Morgan fingerprint density at radius 3 is 2.63 bits per heavy atom. The Kier molecular flexibility index (Phi) is 4.72. The molecule has 5 nitrogen and oxygen atoms in total. The lowest BCUT2D eigenvalue weighted by molar-refractivity contribution is 0.00511. The number of rotatable bonds is 6. The first-order valence-corrected chi connectivity index (χ1v) is 5.77. The number of halogens is 1. The van der Waals surface area contributed by atoms with Gasteiger partial charge in [0.2, 0.25) is 0 Å². The number of hydrogen-bond donors (Lipinski definition) is 2. The average Bonchev–Trinajstić information content (AvgIpc) is 2.31. The van der Waals surface area contributed by atoms with E-state index in [0.717, 1.165) is 12.1 Å². The molecule has 0 amide bonds. The molecule has 0 unspecified atom stereocenters. The van der Waals surface area contributed by atoms with Crippen molar-refractivity contribution in [3.63, 3.8) is 0 Å². The maximum atomic E-state index is 13.6. The first-order valence-electron chi connectivity index (χ1n) is 5.77. The van der Waals surface area contributed by atoms with Crippen LogP contribution in [0.2, 0.25) is 0 Å². The molecule has 0 bridgehead atoms. The number of methoxy groups -OCH3 is 1. The zero-order valence-electron chi connectivity index (χ0n) is 11.2. The Labute approximate surface area is 111 Å². The second kappa shape index (κ2) is 5.88. The molecule has 3 N–H and O–H groups in total. The van der Waals surface area contributed by atoms with Crippen LogP contribution in [0.1, 0.15) is 30.6 Å². The number of carboxylic acids is 1. The first kappa shape index (κ1) is 15.2. The second-order valence-corrected chi connectivity index (χ2v) is 4.74. The van der Waals surface area contributed by atoms with Crippen LogP contribution in [0, 0.1) is 5.82 Å². The van der Waals surface area contributed by atoms with E-state index < -0.39 is 11.8 Å². The molecule has 1 rings (SSSR count). The molecule has 0 atom stereocenters. The van der Waals surface area contributed by atoms with Gasteiger partial charge >= 0.3 is 5.97 Å². The summed E-state index contributed by atoms with van der Waals surface area (Å²) in [6.07, 6.45) is 0.537. The van der Waals surface area contributed by atoms with Gasteiger partial charge in [-0.2, -0.15) is 0 Å². The van der Waals surface area contributed by atoms with Crippen molar-refractivity contribution in [2.45, 2.75) is 25.9 Å². The smallest absolute Gasteiger partial charge is 0.337 e. The van der Waals surface area contributed by atoms with Crippen molar-refractivity contribution in [1.82, 2.24) is 0 Å². The van der Waals surface area contributed by atoms with E-state index in [1.807, 2.05) is 13.8 Å². The van der Waals surface area contributed by atoms with Gasteiger partial charge in [0.15, 0.2) is 11.6 Å². The monoisotopic (exact) mass is 271 g/mol. The number of benzene rings is 1. The maximum absolute atomic E-state index is 13.6. The highest BCUT2D eigenvalue weighted by atomic mass is 19.1. The quantitative estimate of drug-likeness (QED) is 0.776. The van der Waals surface area contributed by atoms with E-state index >= 15 is 0 Å². The summed E-state index contributed by atoms with van der Waals surface area (Å²) in [5, 5.41) is 8.90. The number of carboxylic acid groups (broad SMARTS) is 1. The minimum absolute atomic E-state index is 0.126. The molecule has 106 valence electrons. The molecule has 0 saturated carbocycles. The van der Waals surface area contributed by atoms with Gasteiger partial charge < -0.3 is 20.3 Å². The van der Waals surface area contributed by atoms with E-state index in [9.17, 15) is 9.18 Å². The van der Waals surface area contributed by atoms with Gasteiger partial charge in [-0.25, -0.2) is 9.18 Å². The zero-order chi connectivity index (χ0) is 14.6. The van der Waals surface area contributed by atoms with Crippen LogP contribution in [0.5, 0.6) is 5.75 Å². The highest BCUT2D eigenvalue weighted by molar-refractivity contribution is 5.94. The summed E-state index contributed by atoms with van der Waals surface area (Å²) in [7, 11) is 1.58. The molecule has 19 heavy (non-hydrogen) atoms. The lowest BCUT2D eigenvalue weighted by Gasteiger charge is -2.22. The molecular formula is C13H18FNO4. The molecule has 6 heteroatoms. The van der Waals surface area contributed by atoms with Crippen molar-refractivity contribution in [2.75, 3.05) is 19.5 Å². The fraction of sp³-hybridized carbons (Fsp3) is 0.462. The van der Waals surface area contributed by atoms with E-state index in [2.05, 4.69) is 0 Å². The molecular weight excluding hydrogens is 253 g/mol. The third kappa shape index (κ3) is 4.10. The Balaban J connectivity index is 2.79. The number of nitrogen functional groups attached to an aromatic ring is 1. The molecule has 0 spiro atoms. The van der Waals surface area contributed by atoms with Crippen molar-refractivity contribution >= 4 is 11.7 Å². The molecule has 0 aliphatic rings.